The van der Waals surface area contributed by atoms with Gasteiger partial charge in [-0.3, -0.25) is 19.5 Å². The first-order valence-electron chi connectivity index (χ1n) is 8.00. The number of aromatic amines is 1. The standard InChI is InChI=1S/C18H18N4O2S/c1-2-9-22-17(24)14(16(23)21-18(22)25)11-19-8-7-12-10-20-15-6-4-3-5-13(12)15/h2-6,10-11,14,20H,1,7-9H2,(H,21,23,25)/p+1/t14-/m1/s1. The molecule has 1 fully saturated rings. The molecule has 0 spiro atoms. The highest BCUT2D eigenvalue weighted by atomic mass is 32.1. The summed E-state index contributed by atoms with van der Waals surface area (Å²) in [5.74, 6) is -1.64. The maximum Gasteiger partial charge on any atom is 0.251 e. The van der Waals surface area contributed by atoms with Gasteiger partial charge in [-0.25, -0.2) is 0 Å². The van der Waals surface area contributed by atoms with Gasteiger partial charge in [0, 0.05) is 30.1 Å². The molecule has 1 saturated heterocycles. The van der Waals surface area contributed by atoms with Crippen LogP contribution in [0.25, 0.3) is 10.9 Å². The van der Waals surface area contributed by atoms with Crippen molar-refractivity contribution in [1.82, 2.24) is 15.2 Å². The molecule has 0 bridgehead atoms. The van der Waals surface area contributed by atoms with E-state index in [1.807, 2.05) is 24.4 Å². The van der Waals surface area contributed by atoms with Crippen LogP contribution in [0.1, 0.15) is 5.56 Å². The van der Waals surface area contributed by atoms with E-state index in [0.29, 0.717) is 6.54 Å². The highest BCUT2D eigenvalue weighted by Crippen LogP contribution is 2.17. The summed E-state index contributed by atoms with van der Waals surface area (Å²) in [6.45, 7) is 4.49. The lowest BCUT2D eigenvalue weighted by Crippen LogP contribution is -2.73. The summed E-state index contributed by atoms with van der Waals surface area (Å²) in [4.78, 5) is 32.1. The monoisotopic (exact) mass is 355 g/mol. The summed E-state index contributed by atoms with van der Waals surface area (Å²) in [5.41, 5.74) is 2.28. The Morgan fingerprint density at radius 2 is 2.12 bits per heavy atom. The molecule has 1 aliphatic rings. The number of H-pyrrole nitrogens is 1. The summed E-state index contributed by atoms with van der Waals surface area (Å²) in [7, 11) is 0. The van der Waals surface area contributed by atoms with Crippen LogP contribution in [0.5, 0.6) is 0 Å². The quantitative estimate of drug-likeness (QED) is 0.293. The summed E-state index contributed by atoms with van der Waals surface area (Å²) < 4.78 is 0. The van der Waals surface area contributed by atoms with Gasteiger partial charge >= 0.3 is 0 Å². The van der Waals surface area contributed by atoms with E-state index in [2.05, 4.69) is 27.9 Å². The molecule has 2 heterocycles. The molecule has 0 unspecified atom stereocenters. The molecule has 1 aliphatic heterocycles. The van der Waals surface area contributed by atoms with Crippen LogP contribution in [0.15, 0.2) is 43.1 Å². The van der Waals surface area contributed by atoms with Crippen LogP contribution in [-0.2, 0) is 16.0 Å². The lowest BCUT2D eigenvalue weighted by Gasteiger charge is -2.28. The number of hydrogen-bond donors (Lipinski definition) is 3. The summed E-state index contributed by atoms with van der Waals surface area (Å²) in [6.07, 6.45) is 5.86. The third-order valence-electron chi connectivity index (χ3n) is 4.10. The number of fused-ring (bicyclic) bond motifs is 1. The van der Waals surface area contributed by atoms with Gasteiger partial charge in [-0.05, 0) is 23.8 Å². The maximum atomic E-state index is 12.4. The maximum absolute atomic E-state index is 12.4. The lowest BCUT2D eigenvalue weighted by molar-refractivity contribution is -0.452. The van der Waals surface area contributed by atoms with Crippen molar-refractivity contribution >= 4 is 46.3 Å². The highest BCUT2D eigenvalue weighted by molar-refractivity contribution is 7.80. The Bertz CT molecular complexity index is 871. The molecule has 0 aliphatic carbocycles. The molecule has 6 nitrogen and oxygen atoms in total. The minimum absolute atomic E-state index is 0.123. The molecule has 0 saturated carbocycles. The molecular weight excluding hydrogens is 336 g/mol. The summed E-state index contributed by atoms with van der Waals surface area (Å²) >= 11 is 5.02. The van der Waals surface area contributed by atoms with E-state index in [9.17, 15) is 9.59 Å². The number of aromatic nitrogens is 1. The van der Waals surface area contributed by atoms with Crippen molar-refractivity contribution in [2.24, 2.45) is 5.92 Å². The van der Waals surface area contributed by atoms with Gasteiger partial charge < -0.3 is 10.3 Å². The van der Waals surface area contributed by atoms with Gasteiger partial charge in [0.2, 0.25) is 5.91 Å². The molecular formula is C18H19N4O2S+. The average Bonchev–Trinajstić information content (AvgIpc) is 3.01. The minimum atomic E-state index is -0.894. The first kappa shape index (κ1) is 17.0. The normalized spacial score (nSPS) is 18.2. The molecule has 2 amide bonds. The van der Waals surface area contributed by atoms with Crippen LogP contribution < -0.4 is 10.3 Å². The number of nitrogens with one attached hydrogen (secondary N) is 3. The van der Waals surface area contributed by atoms with E-state index in [1.54, 1.807) is 6.08 Å². The number of nitrogens with zero attached hydrogens (tertiary/aromatic N) is 1. The molecule has 1 aromatic carbocycles. The molecule has 1 atom stereocenters. The topological polar surface area (TPSA) is 79.2 Å². The predicted molar refractivity (Wildman–Crippen MR) is 100 cm³/mol. The molecule has 2 aromatic rings. The number of thiocarbonyl (C=S) groups is 1. The van der Waals surface area contributed by atoms with E-state index in [1.165, 1.54) is 22.1 Å². The average molecular weight is 355 g/mol. The van der Waals surface area contributed by atoms with Crippen LogP contribution in [0.4, 0.5) is 0 Å². The number of rotatable bonds is 6. The highest BCUT2D eigenvalue weighted by Gasteiger charge is 2.38. The van der Waals surface area contributed by atoms with Crippen molar-refractivity contribution in [2.75, 3.05) is 13.1 Å². The zero-order valence-corrected chi connectivity index (χ0v) is 14.4. The van der Waals surface area contributed by atoms with E-state index >= 15 is 0 Å². The Morgan fingerprint density at radius 1 is 1.32 bits per heavy atom. The fourth-order valence-electron chi connectivity index (χ4n) is 2.83. The van der Waals surface area contributed by atoms with Gasteiger partial charge in [-0.2, -0.15) is 0 Å². The van der Waals surface area contributed by atoms with Crippen molar-refractivity contribution < 1.29 is 14.6 Å². The van der Waals surface area contributed by atoms with Crippen molar-refractivity contribution in [3.8, 4) is 0 Å². The van der Waals surface area contributed by atoms with Crippen LogP contribution in [-0.4, -0.2) is 46.1 Å². The molecule has 7 heteroatoms. The van der Waals surface area contributed by atoms with E-state index in [4.69, 9.17) is 12.2 Å². The number of carbonyl (C=O) groups excluding carboxylic acids is 2. The first-order chi connectivity index (χ1) is 12.1. The second-order valence-electron chi connectivity index (χ2n) is 5.74. The van der Waals surface area contributed by atoms with Crippen LogP contribution in [0.2, 0.25) is 0 Å². The SMILES string of the molecule is C=CCN1C(=O)[C@H](C=[NH+]CCc2c[nH]c3ccccc23)C(=O)NC1=S. The minimum Gasteiger partial charge on any atom is -0.361 e. The van der Waals surface area contributed by atoms with E-state index in [0.717, 1.165) is 11.9 Å². The van der Waals surface area contributed by atoms with Gasteiger partial charge in [0.05, 0.1) is 0 Å². The Morgan fingerprint density at radius 3 is 2.92 bits per heavy atom. The number of amides is 2. The van der Waals surface area contributed by atoms with E-state index < -0.39 is 11.8 Å². The van der Waals surface area contributed by atoms with Crippen molar-refractivity contribution in [3.63, 3.8) is 0 Å². The van der Waals surface area contributed by atoms with Crippen LogP contribution in [0, 0.1) is 5.92 Å². The zero-order valence-electron chi connectivity index (χ0n) is 13.6. The molecule has 25 heavy (non-hydrogen) atoms. The van der Waals surface area contributed by atoms with Gasteiger partial charge in [-0.15, -0.1) is 6.58 Å². The van der Waals surface area contributed by atoms with Crippen molar-refractivity contribution in [3.05, 3.63) is 48.7 Å². The fourth-order valence-corrected chi connectivity index (χ4v) is 3.09. The third kappa shape index (κ3) is 3.51. The lowest BCUT2D eigenvalue weighted by atomic mass is 10.1. The second kappa shape index (κ2) is 7.40. The largest absolute Gasteiger partial charge is 0.361 e. The van der Waals surface area contributed by atoms with Crippen LogP contribution >= 0.6 is 12.2 Å². The second-order valence-corrected chi connectivity index (χ2v) is 6.13. The van der Waals surface area contributed by atoms with Gasteiger partial charge in [0.1, 0.15) is 6.54 Å². The van der Waals surface area contributed by atoms with Crippen LogP contribution in [0.3, 0.4) is 0 Å². The van der Waals surface area contributed by atoms with Gasteiger partial charge in [0.15, 0.2) is 17.2 Å². The molecule has 3 N–H and O–H groups in total. The fraction of sp³-hybridized carbons (Fsp3) is 0.222. The summed E-state index contributed by atoms with van der Waals surface area (Å²) in [5, 5.41) is 3.85. The van der Waals surface area contributed by atoms with Crippen molar-refractivity contribution in [2.45, 2.75) is 6.42 Å². The Kier molecular flexibility index (Phi) is 5.04. The molecule has 0 radical (unpaired) electrons. The Balaban J connectivity index is 1.65. The van der Waals surface area contributed by atoms with Crippen molar-refractivity contribution in [1.29, 1.82) is 0 Å². The Labute approximate surface area is 150 Å². The number of hydrogen-bond acceptors (Lipinski definition) is 3. The van der Waals surface area contributed by atoms with Gasteiger partial charge in [-0.1, -0.05) is 24.3 Å². The smallest absolute Gasteiger partial charge is 0.251 e. The van der Waals surface area contributed by atoms with E-state index in [-0.39, 0.29) is 17.6 Å². The zero-order chi connectivity index (χ0) is 17.8. The summed E-state index contributed by atoms with van der Waals surface area (Å²) in [6, 6.07) is 8.08. The molecule has 128 valence electrons. The number of carbonyl (C=O) groups is 2. The third-order valence-corrected chi connectivity index (χ3v) is 4.42. The predicted octanol–water partition coefficient (Wildman–Crippen LogP) is -0.0927. The number of para-hydroxylation sites is 1. The molecule has 1 aromatic heterocycles. The van der Waals surface area contributed by atoms with Gasteiger partial charge in [0.25, 0.3) is 5.91 Å². The number of benzene rings is 1. The molecule has 3 rings (SSSR count). The Hall–Kier alpha value is -2.80. The first-order valence-corrected chi connectivity index (χ1v) is 8.41.